The van der Waals surface area contributed by atoms with Crippen molar-refractivity contribution in [3.63, 3.8) is 0 Å². The molecule has 2 aromatic heterocycles. The number of nitrogens with zero attached hydrogens (tertiary/aromatic N) is 3. The van der Waals surface area contributed by atoms with Crippen LogP contribution in [0.1, 0.15) is 98.3 Å². The molecule has 2 heterocycles. The third-order valence-electron chi connectivity index (χ3n) is 8.33. The van der Waals surface area contributed by atoms with Crippen molar-refractivity contribution in [1.82, 2.24) is 19.9 Å². The van der Waals surface area contributed by atoms with E-state index >= 15 is 0 Å². The Morgan fingerprint density at radius 2 is 1.75 bits per heavy atom. The van der Waals surface area contributed by atoms with Crippen LogP contribution in [-0.2, 0) is 11.3 Å². The van der Waals surface area contributed by atoms with E-state index in [1.54, 1.807) is 12.1 Å². The normalized spacial score (nSPS) is 15.7. The molecule has 0 saturated heterocycles. The van der Waals surface area contributed by atoms with E-state index in [9.17, 15) is 28.3 Å². The van der Waals surface area contributed by atoms with Crippen LogP contribution in [0.2, 0.25) is 0 Å². The number of carboxylic acids is 1. The van der Waals surface area contributed by atoms with Crippen molar-refractivity contribution >= 4 is 23.5 Å². The van der Waals surface area contributed by atoms with Crippen LogP contribution in [0, 0.1) is 18.6 Å². The Morgan fingerprint density at radius 1 is 1.02 bits per heavy atom. The first-order valence-corrected chi connectivity index (χ1v) is 15.3. The quantitative estimate of drug-likeness (QED) is 0.179. The second kappa shape index (κ2) is 12.3. The Labute approximate surface area is 274 Å². The molecule has 6 rings (SSSR count). The molecule has 0 spiro atoms. The Morgan fingerprint density at radius 3 is 2.42 bits per heavy atom. The minimum Gasteiger partial charge on any atom is -0.477 e. The summed E-state index contributed by atoms with van der Waals surface area (Å²) in [7, 11) is 0. The molecule has 12 heteroatoms. The monoisotopic (exact) mass is 653 g/mol. The smallest absolute Gasteiger partial charge is 0.354 e. The van der Waals surface area contributed by atoms with Gasteiger partial charge in [-0.1, -0.05) is 36.4 Å². The van der Waals surface area contributed by atoms with E-state index < -0.39 is 29.1 Å². The summed E-state index contributed by atoms with van der Waals surface area (Å²) in [5.41, 5.74) is 11.3. The summed E-state index contributed by atoms with van der Waals surface area (Å²) < 4.78 is 33.8. The van der Waals surface area contributed by atoms with Crippen LogP contribution in [-0.4, -0.2) is 43.2 Å². The second-order valence-corrected chi connectivity index (χ2v) is 12.8. The zero-order valence-corrected chi connectivity index (χ0v) is 26.7. The Kier molecular flexibility index (Phi) is 8.30. The number of carbonyl (C=O) groups excluding carboxylic acids is 2. The number of hydrogen-bond donors (Lipinski definition) is 3. The molecule has 1 aliphatic rings. The fraction of sp³-hybridized carbons (Fsp3) is 0.250. The molecule has 2 atom stereocenters. The van der Waals surface area contributed by atoms with Gasteiger partial charge in [0, 0.05) is 36.2 Å². The standard InChI is InChI=1S/C36H33F2N5O5/c1-18-22(35(47)48-36(2,3)4)10-11-23-27(39)14-24(32(18)23)20-6-8-21(9-7-20)28-16-31-41-29(34(45)46)15-30(43(31)42-28)33(44)40-17-19-5-12-25(37)26(38)13-19/h5-13,15-16,24,27H,14,17,39H2,1-4H3,(H,40,44)(H,45,46)/t24?,27-/m0/s1. The van der Waals surface area contributed by atoms with Gasteiger partial charge >= 0.3 is 11.9 Å². The van der Waals surface area contributed by atoms with E-state index in [0.29, 0.717) is 28.8 Å². The van der Waals surface area contributed by atoms with E-state index in [4.69, 9.17) is 10.5 Å². The number of nitrogens with one attached hydrogen (secondary N) is 1. The molecule has 0 saturated carbocycles. The number of carbonyl (C=O) groups is 3. The lowest BCUT2D eigenvalue weighted by molar-refractivity contribution is 0.00682. The summed E-state index contributed by atoms with van der Waals surface area (Å²) in [5, 5.41) is 16.8. The van der Waals surface area contributed by atoms with Gasteiger partial charge in [-0.2, -0.15) is 5.10 Å². The average molecular weight is 654 g/mol. The molecule has 4 N–H and O–H groups in total. The van der Waals surface area contributed by atoms with Gasteiger partial charge in [-0.05, 0) is 80.1 Å². The van der Waals surface area contributed by atoms with Crippen LogP contribution in [0.3, 0.4) is 0 Å². The number of nitrogens with two attached hydrogens (primary N) is 1. The predicted octanol–water partition coefficient (Wildman–Crippen LogP) is 6.10. The lowest BCUT2D eigenvalue weighted by Gasteiger charge is -2.22. The van der Waals surface area contributed by atoms with E-state index in [0.717, 1.165) is 40.5 Å². The number of rotatable bonds is 7. The van der Waals surface area contributed by atoms with Gasteiger partial charge in [0.1, 0.15) is 11.3 Å². The zero-order chi connectivity index (χ0) is 34.5. The first kappa shape index (κ1) is 32.5. The lowest BCUT2D eigenvalue weighted by atomic mass is 9.87. The first-order valence-electron chi connectivity index (χ1n) is 15.3. The lowest BCUT2D eigenvalue weighted by Crippen LogP contribution is -2.26. The summed E-state index contributed by atoms with van der Waals surface area (Å²) in [5.74, 6) is -4.53. The molecule has 48 heavy (non-hydrogen) atoms. The van der Waals surface area contributed by atoms with Gasteiger partial charge in [-0.25, -0.2) is 27.9 Å². The van der Waals surface area contributed by atoms with E-state index in [1.165, 1.54) is 10.6 Å². The third-order valence-corrected chi connectivity index (χ3v) is 8.33. The topological polar surface area (TPSA) is 149 Å². The van der Waals surface area contributed by atoms with Gasteiger partial charge in [-0.15, -0.1) is 0 Å². The second-order valence-electron chi connectivity index (χ2n) is 12.8. The number of ether oxygens (including phenoxy) is 1. The highest BCUT2D eigenvalue weighted by atomic mass is 19.2. The number of amides is 1. The van der Waals surface area contributed by atoms with Gasteiger partial charge in [-0.3, -0.25) is 4.79 Å². The zero-order valence-electron chi connectivity index (χ0n) is 26.7. The molecule has 5 aromatic rings. The van der Waals surface area contributed by atoms with Gasteiger partial charge in [0.25, 0.3) is 5.91 Å². The number of carboxylic acid groups (broad SMARTS) is 1. The molecule has 1 unspecified atom stereocenters. The van der Waals surface area contributed by atoms with Crippen molar-refractivity contribution in [2.45, 2.75) is 58.2 Å². The molecule has 246 valence electrons. The average Bonchev–Trinajstić information content (AvgIpc) is 3.62. The summed E-state index contributed by atoms with van der Waals surface area (Å²) in [6.07, 6.45) is 0.659. The highest BCUT2D eigenvalue weighted by molar-refractivity contribution is 5.96. The number of aromatic carboxylic acids is 1. The summed E-state index contributed by atoms with van der Waals surface area (Å²) in [6, 6.07) is 17.1. The largest absolute Gasteiger partial charge is 0.477 e. The number of aromatic nitrogens is 3. The van der Waals surface area contributed by atoms with Crippen molar-refractivity contribution < 1.29 is 33.0 Å². The molecule has 0 radical (unpaired) electrons. The van der Waals surface area contributed by atoms with Crippen LogP contribution in [0.4, 0.5) is 8.78 Å². The van der Waals surface area contributed by atoms with Crippen LogP contribution in [0.15, 0.2) is 66.7 Å². The fourth-order valence-electron chi connectivity index (χ4n) is 6.09. The molecule has 3 aromatic carbocycles. The maximum Gasteiger partial charge on any atom is 0.354 e. The van der Waals surface area contributed by atoms with Crippen molar-refractivity contribution in [3.8, 4) is 11.3 Å². The number of fused-ring (bicyclic) bond motifs is 2. The molecule has 1 aliphatic carbocycles. The number of hydrogen-bond acceptors (Lipinski definition) is 7. The molecule has 0 fully saturated rings. The summed E-state index contributed by atoms with van der Waals surface area (Å²) >= 11 is 0. The van der Waals surface area contributed by atoms with E-state index in [-0.39, 0.29) is 41.5 Å². The van der Waals surface area contributed by atoms with Crippen molar-refractivity contribution in [1.29, 1.82) is 0 Å². The SMILES string of the molecule is Cc1c(C(=O)OC(C)(C)C)ccc2c1C(c1ccc(-c3cc4nc(C(=O)O)cc(C(=O)NCc5ccc(F)c(F)c5)n4n3)cc1)C[C@@H]2N. The number of benzene rings is 3. The van der Waals surface area contributed by atoms with Gasteiger partial charge < -0.3 is 20.9 Å². The van der Waals surface area contributed by atoms with Crippen LogP contribution >= 0.6 is 0 Å². The molecule has 10 nitrogen and oxygen atoms in total. The van der Waals surface area contributed by atoms with E-state index in [2.05, 4.69) is 15.4 Å². The minimum absolute atomic E-state index is 0.0582. The van der Waals surface area contributed by atoms with Gasteiger partial charge in [0.05, 0.1) is 11.3 Å². The molecule has 0 aliphatic heterocycles. The van der Waals surface area contributed by atoms with Crippen LogP contribution < -0.4 is 11.1 Å². The Hall–Kier alpha value is -5.49. The van der Waals surface area contributed by atoms with Crippen molar-refractivity contribution in [2.75, 3.05) is 0 Å². The van der Waals surface area contributed by atoms with Crippen LogP contribution in [0.5, 0.6) is 0 Å². The first-order chi connectivity index (χ1) is 22.7. The minimum atomic E-state index is -1.33. The molecular formula is C36H33F2N5O5. The predicted molar refractivity (Wildman–Crippen MR) is 173 cm³/mol. The van der Waals surface area contributed by atoms with E-state index in [1.807, 2.05) is 58.0 Å². The Bertz CT molecular complexity index is 2100. The van der Waals surface area contributed by atoms with Crippen LogP contribution in [0.25, 0.3) is 16.9 Å². The van der Waals surface area contributed by atoms with Gasteiger partial charge in [0.2, 0.25) is 0 Å². The fourth-order valence-corrected chi connectivity index (χ4v) is 6.09. The maximum atomic E-state index is 13.7. The van der Waals surface area contributed by atoms with Gasteiger partial charge in [0.15, 0.2) is 23.0 Å². The number of halogens is 2. The molecular weight excluding hydrogens is 620 g/mol. The third kappa shape index (κ3) is 6.26. The van der Waals surface area contributed by atoms with Crippen molar-refractivity contribution in [2.24, 2.45) is 5.73 Å². The number of esters is 1. The highest BCUT2D eigenvalue weighted by Crippen LogP contribution is 2.45. The molecule has 0 bridgehead atoms. The van der Waals surface area contributed by atoms with Crippen molar-refractivity contribution in [3.05, 3.63) is 123 Å². The summed E-state index contributed by atoms with van der Waals surface area (Å²) in [6.45, 7) is 7.26. The highest BCUT2D eigenvalue weighted by Gasteiger charge is 2.34. The maximum absolute atomic E-state index is 13.7. The molecule has 1 amide bonds. The summed E-state index contributed by atoms with van der Waals surface area (Å²) in [4.78, 5) is 42.1. The Balaban J connectivity index is 1.30.